The summed E-state index contributed by atoms with van der Waals surface area (Å²) in [5.41, 5.74) is 1.98. The molecule has 0 amide bonds. The van der Waals surface area contributed by atoms with E-state index in [2.05, 4.69) is 5.32 Å². The number of aliphatic hydroxyl groups excluding tert-OH is 1. The number of benzene rings is 1. The minimum atomic E-state index is -0.0954. The Kier molecular flexibility index (Phi) is 4.09. The van der Waals surface area contributed by atoms with Crippen molar-refractivity contribution in [3.63, 3.8) is 0 Å². The maximum absolute atomic E-state index is 9.55. The van der Waals surface area contributed by atoms with E-state index in [1.807, 2.05) is 19.1 Å². The van der Waals surface area contributed by atoms with E-state index in [1.165, 1.54) is 12.8 Å². The molecule has 1 aromatic rings. The lowest BCUT2D eigenvalue weighted by molar-refractivity contribution is 0.239. The van der Waals surface area contributed by atoms with Crippen LogP contribution in [-0.2, 0) is 0 Å². The maximum atomic E-state index is 9.55. The number of ether oxygens (including phenoxy) is 2. The van der Waals surface area contributed by atoms with Gasteiger partial charge in [-0.25, -0.2) is 0 Å². The highest BCUT2D eigenvalue weighted by Crippen LogP contribution is 2.34. The third-order valence-corrected chi connectivity index (χ3v) is 3.32. The summed E-state index contributed by atoms with van der Waals surface area (Å²) in [6.45, 7) is 2.03. The smallest absolute Gasteiger partial charge is 0.124 e. The zero-order chi connectivity index (χ0) is 13.1. The first-order valence-electron chi connectivity index (χ1n) is 6.29. The highest BCUT2D eigenvalue weighted by molar-refractivity contribution is 5.47. The molecule has 0 aliphatic heterocycles. The van der Waals surface area contributed by atoms with Gasteiger partial charge in [-0.2, -0.15) is 0 Å². The number of hydrogen-bond donors (Lipinski definition) is 2. The van der Waals surface area contributed by atoms with Crippen molar-refractivity contribution in [3.8, 4) is 11.5 Å². The van der Waals surface area contributed by atoms with E-state index in [1.54, 1.807) is 14.2 Å². The third-order valence-electron chi connectivity index (χ3n) is 3.32. The van der Waals surface area contributed by atoms with Gasteiger partial charge < -0.3 is 19.9 Å². The first kappa shape index (κ1) is 13.2. The van der Waals surface area contributed by atoms with Gasteiger partial charge in [0, 0.05) is 11.6 Å². The van der Waals surface area contributed by atoms with Gasteiger partial charge in [0.25, 0.3) is 0 Å². The number of hydrogen-bond acceptors (Lipinski definition) is 4. The molecule has 2 N–H and O–H groups in total. The lowest BCUT2D eigenvalue weighted by Crippen LogP contribution is -2.26. The molecule has 0 radical (unpaired) electrons. The molecule has 0 spiro atoms. The average Bonchev–Trinajstić information content (AvgIpc) is 3.19. The first-order chi connectivity index (χ1) is 8.69. The molecule has 1 aliphatic carbocycles. The number of methoxy groups -OCH3 is 2. The van der Waals surface area contributed by atoms with Crippen LogP contribution >= 0.6 is 0 Å². The van der Waals surface area contributed by atoms with E-state index in [-0.39, 0.29) is 12.6 Å². The molecule has 0 heterocycles. The summed E-state index contributed by atoms with van der Waals surface area (Å²) in [7, 11) is 3.30. The van der Waals surface area contributed by atoms with E-state index >= 15 is 0 Å². The van der Waals surface area contributed by atoms with Crippen LogP contribution in [0.5, 0.6) is 11.5 Å². The molecular weight excluding hydrogens is 230 g/mol. The molecule has 1 unspecified atom stereocenters. The van der Waals surface area contributed by atoms with Crippen molar-refractivity contribution in [2.24, 2.45) is 0 Å². The highest BCUT2D eigenvalue weighted by Gasteiger charge is 2.27. The molecule has 1 saturated carbocycles. The fraction of sp³-hybridized carbons (Fsp3) is 0.571. The predicted octanol–water partition coefficient (Wildman–Crippen LogP) is 1.80. The van der Waals surface area contributed by atoms with Gasteiger partial charge >= 0.3 is 0 Å². The second kappa shape index (κ2) is 5.59. The standard InChI is InChI=1S/C14H21NO3/c1-9-6-14(18-3)11(7-13(9)17-2)12(8-16)15-10-4-5-10/h6-7,10,12,15-16H,4-5,8H2,1-3H3. The van der Waals surface area contributed by atoms with Gasteiger partial charge in [0.2, 0.25) is 0 Å². The Balaban J connectivity index is 2.32. The molecule has 0 saturated heterocycles. The largest absolute Gasteiger partial charge is 0.496 e. The summed E-state index contributed by atoms with van der Waals surface area (Å²) in [6.07, 6.45) is 2.36. The van der Waals surface area contributed by atoms with Gasteiger partial charge in [-0.3, -0.25) is 0 Å². The Bertz CT molecular complexity index is 416. The molecule has 1 atom stereocenters. The van der Waals surface area contributed by atoms with Gasteiger partial charge in [-0.15, -0.1) is 0 Å². The molecule has 0 bridgehead atoms. The molecule has 0 aromatic heterocycles. The summed E-state index contributed by atoms with van der Waals surface area (Å²) in [4.78, 5) is 0. The summed E-state index contributed by atoms with van der Waals surface area (Å²) < 4.78 is 10.7. The van der Waals surface area contributed by atoms with Crippen LogP contribution in [0.2, 0.25) is 0 Å². The van der Waals surface area contributed by atoms with Crippen LogP contribution in [-0.4, -0.2) is 32.0 Å². The Morgan fingerprint density at radius 3 is 2.44 bits per heavy atom. The molecule has 18 heavy (non-hydrogen) atoms. The fourth-order valence-electron chi connectivity index (χ4n) is 2.12. The van der Waals surface area contributed by atoms with Gasteiger partial charge in [0.05, 0.1) is 26.9 Å². The maximum Gasteiger partial charge on any atom is 0.124 e. The van der Waals surface area contributed by atoms with Crippen molar-refractivity contribution >= 4 is 0 Å². The monoisotopic (exact) mass is 251 g/mol. The van der Waals surface area contributed by atoms with Crippen LogP contribution in [0.4, 0.5) is 0 Å². The van der Waals surface area contributed by atoms with Crippen molar-refractivity contribution in [1.82, 2.24) is 5.32 Å². The highest BCUT2D eigenvalue weighted by atomic mass is 16.5. The van der Waals surface area contributed by atoms with Gasteiger partial charge in [-0.05, 0) is 37.5 Å². The van der Waals surface area contributed by atoms with E-state index in [4.69, 9.17) is 9.47 Å². The van der Waals surface area contributed by atoms with Crippen molar-refractivity contribution in [3.05, 3.63) is 23.3 Å². The Hall–Kier alpha value is -1.26. The lowest BCUT2D eigenvalue weighted by atomic mass is 10.0. The van der Waals surface area contributed by atoms with Crippen molar-refractivity contribution < 1.29 is 14.6 Å². The molecule has 1 aromatic carbocycles. The number of rotatable bonds is 6. The summed E-state index contributed by atoms with van der Waals surface area (Å²) in [5.74, 6) is 1.61. The second-order valence-electron chi connectivity index (χ2n) is 4.74. The Morgan fingerprint density at radius 2 is 1.94 bits per heavy atom. The zero-order valence-corrected chi connectivity index (χ0v) is 11.2. The molecule has 4 nitrogen and oxygen atoms in total. The molecular formula is C14H21NO3. The van der Waals surface area contributed by atoms with Crippen LogP contribution in [0.15, 0.2) is 12.1 Å². The van der Waals surface area contributed by atoms with E-state index in [0.29, 0.717) is 6.04 Å². The molecule has 1 fully saturated rings. The molecule has 100 valence electrons. The topological polar surface area (TPSA) is 50.7 Å². The summed E-state index contributed by atoms with van der Waals surface area (Å²) >= 11 is 0. The zero-order valence-electron chi connectivity index (χ0n) is 11.2. The van der Waals surface area contributed by atoms with Crippen LogP contribution in [0, 0.1) is 6.92 Å². The van der Waals surface area contributed by atoms with Gasteiger partial charge in [0.1, 0.15) is 11.5 Å². The second-order valence-corrected chi connectivity index (χ2v) is 4.74. The van der Waals surface area contributed by atoms with Crippen molar-refractivity contribution in [1.29, 1.82) is 0 Å². The van der Waals surface area contributed by atoms with Gasteiger partial charge in [0.15, 0.2) is 0 Å². The number of aryl methyl sites for hydroxylation is 1. The number of nitrogens with one attached hydrogen (secondary N) is 1. The third kappa shape index (κ3) is 2.76. The van der Waals surface area contributed by atoms with Crippen LogP contribution in [0.1, 0.15) is 30.0 Å². The SMILES string of the molecule is COc1cc(C(CO)NC2CC2)c(OC)cc1C. The molecule has 2 rings (SSSR count). The average molecular weight is 251 g/mol. The Labute approximate surface area is 108 Å². The van der Waals surface area contributed by atoms with Crippen molar-refractivity contribution in [2.45, 2.75) is 31.8 Å². The van der Waals surface area contributed by atoms with Crippen LogP contribution in [0.25, 0.3) is 0 Å². The fourth-order valence-corrected chi connectivity index (χ4v) is 2.12. The predicted molar refractivity (Wildman–Crippen MR) is 70.3 cm³/mol. The minimum absolute atomic E-state index is 0.0546. The normalized spacial score (nSPS) is 16.4. The van der Waals surface area contributed by atoms with E-state index < -0.39 is 0 Å². The number of aliphatic hydroxyl groups is 1. The molecule has 1 aliphatic rings. The summed E-state index contributed by atoms with van der Waals surface area (Å²) in [5, 5.41) is 13.0. The molecule has 4 heteroatoms. The first-order valence-corrected chi connectivity index (χ1v) is 6.29. The Morgan fingerprint density at radius 1 is 1.28 bits per heavy atom. The summed E-state index contributed by atoms with van der Waals surface area (Å²) in [6, 6.07) is 4.33. The van der Waals surface area contributed by atoms with Crippen molar-refractivity contribution in [2.75, 3.05) is 20.8 Å². The quantitative estimate of drug-likeness (QED) is 0.809. The van der Waals surface area contributed by atoms with Gasteiger partial charge in [-0.1, -0.05) is 0 Å². The van der Waals surface area contributed by atoms with Crippen LogP contribution < -0.4 is 14.8 Å². The minimum Gasteiger partial charge on any atom is -0.496 e. The lowest BCUT2D eigenvalue weighted by Gasteiger charge is -2.21. The van der Waals surface area contributed by atoms with Crippen LogP contribution in [0.3, 0.4) is 0 Å². The van der Waals surface area contributed by atoms with E-state index in [9.17, 15) is 5.11 Å². The van der Waals surface area contributed by atoms with E-state index in [0.717, 1.165) is 22.6 Å².